The number of rotatable bonds is 5. The number of aromatic carboxylic acids is 2. The molecule has 3 aromatic rings. The van der Waals surface area contributed by atoms with Gasteiger partial charge >= 0.3 is 11.9 Å². The van der Waals surface area contributed by atoms with Crippen LogP contribution < -0.4 is 0 Å². The molecule has 8 nitrogen and oxygen atoms in total. The molecule has 2 N–H and O–H groups in total. The SMILES string of the molecule is CN1C(=O)C(=Cc2ccc(-c3ccccc3C(=O)O)o2)SC1=Nc1ccc(C(=O)O)cc1. The van der Waals surface area contributed by atoms with Crippen molar-refractivity contribution < 1.29 is 29.0 Å². The number of likely N-dealkylation sites (N-methyl/N-ethyl adjacent to an activating group) is 1. The average molecular weight is 448 g/mol. The van der Waals surface area contributed by atoms with Crippen LogP contribution in [0, 0.1) is 0 Å². The van der Waals surface area contributed by atoms with Gasteiger partial charge in [-0.05, 0) is 54.2 Å². The summed E-state index contributed by atoms with van der Waals surface area (Å²) < 4.78 is 5.78. The predicted octanol–water partition coefficient (Wildman–Crippen LogP) is 4.58. The third-order valence-electron chi connectivity index (χ3n) is 4.67. The van der Waals surface area contributed by atoms with Crippen molar-refractivity contribution in [2.24, 2.45) is 4.99 Å². The largest absolute Gasteiger partial charge is 0.478 e. The second-order valence-corrected chi connectivity index (χ2v) is 7.78. The maximum atomic E-state index is 12.6. The van der Waals surface area contributed by atoms with Crippen LogP contribution in [0.3, 0.4) is 0 Å². The summed E-state index contributed by atoms with van der Waals surface area (Å²) in [4.78, 5) is 41.3. The highest BCUT2D eigenvalue weighted by Gasteiger charge is 2.30. The zero-order valence-electron chi connectivity index (χ0n) is 16.7. The highest BCUT2D eigenvalue weighted by atomic mass is 32.2. The molecule has 0 radical (unpaired) electrons. The lowest BCUT2D eigenvalue weighted by Gasteiger charge is -2.07. The molecule has 0 bridgehead atoms. The maximum absolute atomic E-state index is 12.6. The van der Waals surface area contributed by atoms with Gasteiger partial charge in [0.25, 0.3) is 5.91 Å². The molecule has 1 aliphatic rings. The molecule has 1 amide bonds. The van der Waals surface area contributed by atoms with Crippen molar-refractivity contribution in [2.75, 3.05) is 7.05 Å². The number of thioether (sulfide) groups is 1. The molecule has 4 rings (SSSR count). The normalized spacial score (nSPS) is 16.2. The lowest BCUT2D eigenvalue weighted by Crippen LogP contribution is -2.23. The van der Waals surface area contributed by atoms with Crippen LogP contribution >= 0.6 is 11.8 Å². The van der Waals surface area contributed by atoms with Gasteiger partial charge in [-0.2, -0.15) is 0 Å². The van der Waals surface area contributed by atoms with Crippen molar-refractivity contribution in [3.8, 4) is 11.3 Å². The molecular formula is C23H16N2O6S. The number of furan rings is 1. The second-order valence-electron chi connectivity index (χ2n) is 6.77. The number of hydrogen-bond donors (Lipinski definition) is 2. The van der Waals surface area contributed by atoms with Gasteiger partial charge in [0.1, 0.15) is 11.5 Å². The molecule has 160 valence electrons. The number of aliphatic imine (C=N–C) groups is 1. The smallest absolute Gasteiger partial charge is 0.336 e. The molecule has 1 aliphatic heterocycles. The second kappa shape index (κ2) is 8.56. The number of carbonyl (C=O) groups excluding carboxylic acids is 1. The summed E-state index contributed by atoms with van der Waals surface area (Å²) in [5, 5.41) is 18.8. The van der Waals surface area contributed by atoms with Gasteiger partial charge in [-0.3, -0.25) is 9.69 Å². The third kappa shape index (κ3) is 4.19. The van der Waals surface area contributed by atoms with E-state index in [1.165, 1.54) is 23.1 Å². The number of nitrogens with zero attached hydrogens (tertiary/aromatic N) is 2. The highest BCUT2D eigenvalue weighted by Crippen LogP contribution is 2.34. The van der Waals surface area contributed by atoms with E-state index in [2.05, 4.69) is 4.99 Å². The van der Waals surface area contributed by atoms with Crippen molar-refractivity contribution in [3.63, 3.8) is 0 Å². The first-order chi connectivity index (χ1) is 15.3. The molecule has 9 heteroatoms. The Morgan fingerprint density at radius 2 is 1.72 bits per heavy atom. The zero-order chi connectivity index (χ0) is 22.8. The van der Waals surface area contributed by atoms with Crippen molar-refractivity contribution in [1.29, 1.82) is 0 Å². The van der Waals surface area contributed by atoms with E-state index in [1.807, 2.05) is 0 Å². The van der Waals surface area contributed by atoms with E-state index in [-0.39, 0.29) is 17.0 Å². The minimum absolute atomic E-state index is 0.121. The monoisotopic (exact) mass is 448 g/mol. The van der Waals surface area contributed by atoms with E-state index < -0.39 is 11.9 Å². The molecule has 0 unspecified atom stereocenters. The van der Waals surface area contributed by atoms with Crippen molar-refractivity contribution >= 4 is 46.5 Å². The van der Waals surface area contributed by atoms with Crippen LogP contribution in [0.2, 0.25) is 0 Å². The Labute approximate surface area is 186 Å². The number of carboxylic acids is 2. The standard InChI is InChI=1S/C23H16N2O6S/c1-25-20(26)19(32-23(25)24-14-8-6-13(7-9-14)21(27)28)12-15-10-11-18(31-15)16-4-2-3-5-17(16)22(29)30/h2-12H,1H3,(H,27,28)(H,29,30). The fourth-order valence-corrected chi connectivity index (χ4v) is 4.00. The van der Waals surface area contributed by atoms with Gasteiger partial charge in [-0.25, -0.2) is 14.6 Å². The van der Waals surface area contributed by atoms with E-state index >= 15 is 0 Å². The van der Waals surface area contributed by atoms with Crippen LogP contribution in [-0.4, -0.2) is 45.2 Å². The number of carboxylic acid groups (broad SMARTS) is 2. The molecule has 1 fully saturated rings. The molecular weight excluding hydrogens is 432 g/mol. The number of benzene rings is 2. The Bertz CT molecular complexity index is 1290. The molecule has 0 saturated carbocycles. The average Bonchev–Trinajstić information content (AvgIpc) is 3.35. The van der Waals surface area contributed by atoms with Gasteiger partial charge in [0, 0.05) is 18.7 Å². The maximum Gasteiger partial charge on any atom is 0.336 e. The van der Waals surface area contributed by atoms with Gasteiger partial charge in [0.05, 0.1) is 21.7 Å². The summed E-state index contributed by atoms with van der Waals surface area (Å²) in [5.41, 5.74) is 1.23. The van der Waals surface area contributed by atoms with Crippen LogP contribution in [-0.2, 0) is 4.79 Å². The van der Waals surface area contributed by atoms with Crippen LogP contribution in [0.1, 0.15) is 26.5 Å². The van der Waals surface area contributed by atoms with E-state index in [9.17, 15) is 19.5 Å². The summed E-state index contributed by atoms with van der Waals surface area (Å²) in [6.45, 7) is 0. The Balaban J connectivity index is 1.59. The number of amides is 1. The van der Waals surface area contributed by atoms with Gasteiger partial charge in [-0.1, -0.05) is 18.2 Å². The van der Waals surface area contributed by atoms with Gasteiger partial charge < -0.3 is 14.6 Å². The van der Waals surface area contributed by atoms with Crippen LogP contribution in [0.4, 0.5) is 5.69 Å². The summed E-state index contributed by atoms with van der Waals surface area (Å²) in [5.74, 6) is -1.57. The van der Waals surface area contributed by atoms with Gasteiger partial charge in [0.15, 0.2) is 5.17 Å². The predicted molar refractivity (Wildman–Crippen MR) is 120 cm³/mol. The quantitative estimate of drug-likeness (QED) is 0.548. The summed E-state index contributed by atoms with van der Waals surface area (Å²) in [6.07, 6.45) is 1.58. The molecule has 0 spiro atoms. The number of carbonyl (C=O) groups is 3. The number of amidine groups is 1. The van der Waals surface area contributed by atoms with Crippen LogP contribution in [0.25, 0.3) is 17.4 Å². The Morgan fingerprint density at radius 3 is 2.41 bits per heavy atom. The minimum Gasteiger partial charge on any atom is -0.478 e. The topological polar surface area (TPSA) is 120 Å². The summed E-state index contributed by atoms with van der Waals surface area (Å²) >= 11 is 1.16. The lowest BCUT2D eigenvalue weighted by atomic mass is 10.1. The summed E-state index contributed by atoms with van der Waals surface area (Å²) in [7, 11) is 1.59. The van der Waals surface area contributed by atoms with E-state index in [0.717, 1.165) is 11.8 Å². The van der Waals surface area contributed by atoms with Crippen molar-refractivity contribution in [2.45, 2.75) is 0 Å². The molecule has 1 aromatic heterocycles. The highest BCUT2D eigenvalue weighted by molar-refractivity contribution is 8.18. The lowest BCUT2D eigenvalue weighted by molar-refractivity contribution is -0.121. The molecule has 0 aliphatic carbocycles. The fourth-order valence-electron chi connectivity index (χ4n) is 3.03. The van der Waals surface area contributed by atoms with Crippen LogP contribution in [0.5, 0.6) is 0 Å². The Morgan fingerprint density at radius 1 is 1.00 bits per heavy atom. The molecule has 32 heavy (non-hydrogen) atoms. The fraction of sp³-hybridized carbons (Fsp3) is 0.0435. The van der Waals surface area contributed by atoms with Crippen molar-refractivity contribution in [3.05, 3.63) is 82.5 Å². The zero-order valence-corrected chi connectivity index (χ0v) is 17.5. The van der Waals surface area contributed by atoms with E-state index in [1.54, 1.807) is 55.6 Å². The first kappa shape index (κ1) is 21.1. The third-order valence-corrected chi connectivity index (χ3v) is 5.73. The van der Waals surface area contributed by atoms with Crippen LogP contribution in [0.15, 0.2) is 75.0 Å². The van der Waals surface area contributed by atoms with Crippen molar-refractivity contribution in [1.82, 2.24) is 4.90 Å². The molecule has 2 aromatic carbocycles. The van der Waals surface area contributed by atoms with E-state index in [0.29, 0.717) is 32.8 Å². The minimum atomic E-state index is -1.06. The number of hydrogen-bond acceptors (Lipinski definition) is 6. The Kier molecular flexibility index (Phi) is 5.65. The molecule has 2 heterocycles. The summed E-state index contributed by atoms with van der Waals surface area (Å²) in [6, 6.07) is 15.8. The molecule has 0 atom stereocenters. The Hall–Kier alpha value is -4.11. The first-order valence-electron chi connectivity index (χ1n) is 9.35. The van der Waals surface area contributed by atoms with Gasteiger partial charge in [-0.15, -0.1) is 0 Å². The first-order valence-corrected chi connectivity index (χ1v) is 10.2. The molecule has 1 saturated heterocycles. The van der Waals surface area contributed by atoms with Gasteiger partial charge in [0.2, 0.25) is 0 Å². The van der Waals surface area contributed by atoms with E-state index in [4.69, 9.17) is 9.52 Å².